The minimum Gasteiger partial charge on any atom is -0.460 e. The summed E-state index contributed by atoms with van der Waals surface area (Å²) in [6.45, 7) is 2.12. The molecule has 3 aromatic heterocycles. The Morgan fingerprint density at radius 2 is 2.20 bits per heavy atom. The quantitative estimate of drug-likeness (QED) is 0.368. The molecular formula is C18H18N2O3S2. The number of thioether (sulfide) groups is 1. The molecule has 3 heterocycles. The standard InChI is InChI=1S/C18H18N2O3S2/c1-2-22-18(21)13-8-7-11(23-13)9-24-16-15-12-5-3-4-6-14(12)25-17(15)20-10-19-16/h7-8,10H,2-6,9H2,1H3. The number of ether oxygens (including phenoxy) is 1. The Balaban J connectivity index is 1.55. The van der Waals surface area contributed by atoms with Crippen molar-refractivity contribution < 1.29 is 13.9 Å². The van der Waals surface area contributed by atoms with E-state index in [4.69, 9.17) is 9.15 Å². The molecule has 0 bridgehead atoms. The minimum atomic E-state index is -0.421. The Kier molecular flexibility index (Phi) is 4.76. The van der Waals surface area contributed by atoms with Crippen molar-refractivity contribution in [3.8, 4) is 0 Å². The summed E-state index contributed by atoms with van der Waals surface area (Å²) < 4.78 is 10.5. The third-order valence-electron chi connectivity index (χ3n) is 4.21. The van der Waals surface area contributed by atoms with Gasteiger partial charge in [-0.25, -0.2) is 14.8 Å². The van der Waals surface area contributed by atoms with Gasteiger partial charge in [0.15, 0.2) is 0 Å². The van der Waals surface area contributed by atoms with Crippen molar-refractivity contribution in [2.75, 3.05) is 6.61 Å². The van der Waals surface area contributed by atoms with E-state index in [-0.39, 0.29) is 5.76 Å². The number of aromatic nitrogens is 2. The van der Waals surface area contributed by atoms with Crippen LogP contribution in [-0.4, -0.2) is 22.5 Å². The van der Waals surface area contributed by atoms with Crippen molar-refractivity contribution in [3.63, 3.8) is 0 Å². The molecule has 0 radical (unpaired) electrons. The number of esters is 1. The zero-order valence-electron chi connectivity index (χ0n) is 13.9. The molecule has 130 valence electrons. The second kappa shape index (κ2) is 7.17. The lowest BCUT2D eigenvalue weighted by Crippen LogP contribution is -2.02. The van der Waals surface area contributed by atoms with Gasteiger partial charge in [0.2, 0.25) is 5.76 Å². The second-order valence-electron chi connectivity index (χ2n) is 5.84. The lowest BCUT2D eigenvalue weighted by Gasteiger charge is -2.11. The van der Waals surface area contributed by atoms with E-state index in [0.717, 1.165) is 28.5 Å². The van der Waals surface area contributed by atoms with Crippen LogP contribution < -0.4 is 0 Å². The van der Waals surface area contributed by atoms with Crippen molar-refractivity contribution in [1.29, 1.82) is 0 Å². The fraction of sp³-hybridized carbons (Fsp3) is 0.389. The first-order chi connectivity index (χ1) is 12.3. The molecule has 7 heteroatoms. The molecule has 0 saturated carbocycles. The molecular weight excluding hydrogens is 356 g/mol. The van der Waals surface area contributed by atoms with E-state index < -0.39 is 5.97 Å². The van der Waals surface area contributed by atoms with Gasteiger partial charge in [-0.15, -0.1) is 11.3 Å². The molecule has 0 unspecified atom stereocenters. The lowest BCUT2D eigenvalue weighted by atomic mass is 9.97. The molecule has 5 nitrogen and oxygen atoms in total. The number of carbonyl (C=O) groups is 1. The third-order valence-corrected chi connectivity index (χ3v) is 6.42. The highest BCUT2D eigenvalue weighted by atomic mass is 32.2. The Morgan fingerprint density at radius 3 is 3.08 bits per heavy atom. The highest BCUT2D eigenvalue weighted by Gasteiger charge is 2.20. The zero-order valence-corrected chi connectivity index (χ0v) is 15.5. The molecule has 0 aromatic carbocycles. The van der Waals surface area contributed by atoms with Gasteiger partial charge >= 0.3 is 5.97 Å². The fourth-order valence-electron chi connectivity index (χ4n) is 3.08. The minimum absolute atomic E-state index is 0.248. The number of hydrogen-bond donors (Lipinski definition) is 0. The molecule has 3 aromatic rings. The fourth-order valence-corrected chi connectivity index (χ4v) is 5.29. The zero-order chi connectivity index (χ0) is 17.2. The van der Waals surface area contributed by atoms with Gasteiger partial charge in [-0.3, -0.25) is 0 Å². The number of nitrogens with zero attached hydrogens (tertiary/aromatic N) is 2. The molecule has 1 aliphatic carbocycles. The highest BCUT2D eigenvalue weighted by molar-refractivity contribution is 7.98. The second-order valence-corrected chi connectivity index (χ2v) is 7.89. The molecule has 0 atom stereocenters. The lowest BCUT2D eigenvalue weighted by molar-refractivity contribution is 0.0488. The Hall–Kier alpha value is -1.86. The molecule has 1 aliphatic rings. The van der Waals surface area contributed by atoms with Crippen LogP contribution in [0.25, 0.3) is 10.2 Å². The molecule has 25 heavy (non-hydrogen) atoms. The molecule has 0 fully saturated rings. The van der Waals surface area contributed by atoms with Gasteiger partial charge < -0.3 is 9.15 Å². The average Bonchev–Trinajstić information content (AvgIpc) is 3.25. The van der Waals surface area contributed by atoms with Gasteiger partial charge in [0.25, 0.3) is 0 Å². The maximum absolute atomic E-state index is 11.7. The smallest absolute Gasteiger partial charge is 0.374 e. The van der Waals surface area contributed by atoms with E-state index in [9.17, 15) is 4.79 Å². The topological polar surface area (TPSA) is 65.2 Å². The summed E-state index contributed by atoms with van der Waals surface area (Å²) in [5.74, 6) is 1.19. The average molecular weight is 374 g/mol. The first-order valence-corrected chi connectivity index (χ1v) is 10.2. The van der Waals surface area contributed by atoms with Gasteiger partial charge in [-0.2, -0.15) is 0 Å². The van der Waals surface area contributed by atoms with Crippen molar-refractivity contribution >= 4 is 39.3 Å². The Labute approximate surface area is 153 Å². The van der Waals surface area contributed by atoms with Crippen LogP contribution in [0.15, 0.2) is 27.9 Å². The van der Waals surface area contributed by atoms with Crippen molar-refractivity contribution in [3.05, 3.63) is 40.4 Å². The van der Waals surface area contributed by atoms with Gasteiger partial charge in [0.05, 0.1) is 12.4 Å². The first kappa shape index (κ1) is 16.6. The van der Waals surface area contributed by atoms with Crippen molar-refractivity contribution in [1.82, 2.24) is 9.97 Å². The largest absolute Gasteiger partial charge is 0.460 e. The van der Waals surface area contributed by atoms with Gasteiger partial charge in [0.1, 0.15) is 21.9 Å². The molecule has 0 amide bonds. The van der Waals surface area contributed by atoms with E-state index in [1.807, 2.05) is 6.07 Å². The first-order valence-electron chi connectivity index (χ1n) is 8.40. The van der Waals surface area contributed by atoms with E-state index in [2.05, 4.69) is 9.97 Å². The Morgan fingerprint density at radius 1 is 1.32 bits per heavy atom. The van der Waals surface area contributed by atoms with Crippen LogP contribution in [0.5, 0.6) is 0 Å². The molecule has 0 saturated heterocycles. The van der Waals surface area contributed by atoms with Crippen LogP contribution in [0.1, 0.15) is 46.5 Å². The van der Waals surface area contributed by atoms with Crippen molar-refractivity contribution in [2.45, 2.75) is 43.4 Å². The summed E-state index contributed by atoms with van der Waals surface area (Å²) in [5.41, 5.74) is 1.43. The SMILES string of the molecule is CCOC(=O)c1ccc(CSc2ncnc3sc4c(c23)CCCC4)o1. The summed E-state index contributed by atoms with van der Waals surface area (Å²) in [4.78, 5) is 23.2. The number of hydrogen-bond acceptors (Lipinski definition) is 7. The predicted octanol–water partition coefficient (Wildman–Crippen LogP) is 4.63. The van der Waals surface area contributed by atoms with Crippen LogP contribution in [-0.2, 0) is 23.3 Å². The molecule has 4 rings (SSSR count). The van der Waals surface area contributed by atoms with Crippen LogP contribution in [0.2, 0.25) is 0 Å². The molecule has 0 aliphatic heterocycles. The predicted molar refractivity (Wildman–Crippen MR) is 98.3 cm³/mol. The number of furan rings is 1. The summed E-state index contributed by atoms with van der Waals surface area (Å²) >= 11 is 3.43. The summed E-state index contributed by atoms with van der Waals surface area (Å²) in [5, 5.41) is 2.21. The summed E-state index contributed by atoms with van der Waals surface area (Å²) in [7, 11) is 0. The highest BCUT2D eigenvalue weighted by Crippen LogP contribution is 2.39. The number of thiophene rings is 1. The van der Waals surface area contributed by atoms with E-state index >= 15 is 0 Å². The van der Waals surface area contributed by atoms with E-state index in [0.29, 0.717) is 12.4 Å². The van der Waals surface area contributed by atoms with Crippen LogP contribution >= 0.6 is 23.1 Å². The number of carbonyl (C=O) groups excluding carboxylic acids is 1. The Bertz CT molecular complexity index is 916. The van der Waals surface area contributed by atoms with E-state index in [1.54, 1.807) is 42.4 Å². The van der Waals surface area contributed by atoms with Crippen LogP contribution in [0.4, 0.5) is 0 Å². The van der Waals surface area contributed by atoms with Crippen LogP contribution in [0, 0.1) is 0 Å². The maximum atomic E-state index is 11.7. The van der Waals surface area contributed by atoms with Gasteiger partial charge in [-0.1, -0.05) is 11.8 Å². The normalized spacial score (nSPS) is 13.8. The number of rotatable bonds is 5. The van der Waals surface area contributed by atoms with Crippen LogP contribution in [0.3, 0.4) is 0 Å². The third kappa shape index (κ3) is 3.30. The summed E-state index contributed by atoms with van der Waals surface area (Å²) in [6, 6.07) is 3.48. The van der Waals surface area contributed by atoms with Crippen molar-refractivity contribution in [2.24, 2.45) is 0 Å². The van der Waals surface area contributed by atoms with E-state index in [1.165, 1.54) is 28.7 Å². The molecule has 0 N–H and O–H groups in total. The van der Waals surface area contributed by atoms with Gasteiger partial charge in [0, 0.05) is 10.3 Å². The maximum Gasteiger partial charge on any atom is 0.374 e. The summed E-state index contributed by atoms with van der Waals surface area (Å²) in [6.07, 6.45) is 6.40. The molecule has 0 spiro atoms. The number of aryl methyl sites for hydroxylation is 2. The monoisotopic (exact) mass is 374 g/mol. The number of fused-ring (bicyclic) bond motifs is 3. The van der Waals surface area contributed by atoms with Gasteiger partial charge in [-0.05, 0) is 50.3 Å².